The Morgan fingerprint density at radius 3 is 2.95 bits per heavy atom. The van der Waals surface area contributed by atoms with Crippen LogP contribution in [0.4, 0.5) is 0 Å². The second-order valence-corrected chi connectivity index (χ2v) is 5.14. The molecule has 0 radical (unpaired) electrons. The van der Waals surface area contributed by atoms with E-state index in [1.807, 2.05) is 6.92 Å². The van der Waals surface area contributed by atoms with Crippen LogP contribution >= 0.6 is 0 Å². The average molecular weight is 267 g/mol. The van der Waals surface area contributed by atoms with E-state index in [1.165, 1.54) is 0 Å². The van der Waals surface area contributed by atoms with Crippen LogP contribution < -0.4 is 5.32 Å². The van der Waals surface area contributed by atoms with Crippen molar-refractivity contribution in [2.75, 3.05) is 26.4 Å². The molecule has 1 atom stereocenters. The molecular weight excluding hydrogens is 246 g/mol. The van der Waals surface area contributed by atoms with Gasteiger partial charge in [0.1, 0.15) is 5.60 Å². The van der Waals surface area contributed by atoms with E-state index in [1.54, 1.807) is 0 Å². The lowest BCUT2D eigenvalue weighted by Gasteiger charge is -2.33. The Hall–Kier alpha value is -0.980. The summed E-state index contributed by atoms with van der Waals surface area (Å²) in [5.74, 6) is 1.37. The zero-order chi connectivity index (χ0) is 13.1. The van der Waals surface area contributed by atoms with Crippen molar-refractivity contribution in [2.45, 2.75) is 44.2 Å². The maximum absolute atomic E-state index is 5.95. The standard InChI is InChI=1S/C13H21N3O3/c1-2-18-13(5-8-17-9-6-13)12-15-11(19-16-12)10-4-3-7-14-10/h10,14H,2-9H2,1H3/t10-/m0/s1. The van der Waals surface area contributed by atoms with Crippen molar-refractivity contribution in [1.29, 1.82) is 0 Å². The van der Waals surface area contributed by atoms with Crippen molar-refractivity contribution in [3.63, 3.8) is 0 Å². The maximum Gasteiger partial charge on any atom is 0.243 e. The highest BCUT2D eigenvalue weighted by molar-refractivity contribution is 5.05. The zero-order valence-electron chi connectivity index (χ0n) is 11.4. The lowest BCUT2D eigenvalue weighted by atomic mass is 9.93. The summed E-state index contributed by atoms with van der Waals surface area (Å²) in [4.78, 5) is 4.59. The molecule has 0 unspecified atom stereocenters. The summed E-state index contributed by atoms with van der Waals surface area (Å²) < 4.78 is 16.8. The van der Waals surface area contributed by atoms with Crippen LogP contribution in [-0.2, 0) is 15.1 Å². The fourth-order valence-corrected chi connectivity index (χ4v) is 2.87. The van der Waals surface area contributed by atoms with E-state index in [4.69, 9.17) is 14.0 Å². The van der Waals surface area contributed by atoms with Crippen LogP contribution in [0.1, 0.15) is 50.4 Å². The van der Waals surface area contributed by atoms with Crippen LogP contribution in [0.15, 0.2) is 4.52 Å². The molecule has 6 nitrogen and oxygen atoms in total. The summed E-state index contributed by atoms with van der Waals surface area (Å²) in [5, 5.41) is 7.54. The molecule has 0 aromatic carbocycles. The van der Waals surface area contributed by atoms with Crippen LogP contribution in [0.5, 0.6) is 0 Å². The molecule has 2 aliphatic heterocycles. The Balaban J connectivity index is 1.81. The molecular formula is C13H21N3O3. The zero-order valence-corrected chi connectivity index (χ0v) is 11.4. The van der Waals surface area contributed by atoms with Gasteiger partial charge in [-0.1, -0.05) is 5.16 Å². The molecule has 6 heteroatoms. The van der Waals surface area contributed by atoms with Crippen molar-refractivity contribution in [3.8, 4) is 0 Å². The van der Waals surface area contributed by atoms with Gasteiger partial charge in [0.25, 0.3) is 0 Å². The van der Waals surface area contributed by atoms with E-state index < -0.39 is 5.60 Å². The fourth-order valence-electron chi connectivity index (χ4n) is 2.87. The number of rotatable bonds is 4. The van der Waals surface area contributed by atoms with Gasteiger partial charge in [-0.05, 0) is 26.3 Å². The minimum atomic E-state index is -0.423. The third-order valence-corrected chi connectivity index (χ3v) is 3.93. The van der Waals surface area contributed by atoms with Crippen molar-refractivity contribution in [1.82, 2.24) is 15.5 Å². The SMILES string of the molecule is CCOC1(c2noc([C@@H]3CCCN3)n2)CCOCC1. The van der Waals surface area contributed by atoms with Gasteiger partial charge in [-0.2, -0.15) is 4.98 Å². The lowest BCUT2D eigenvalue weighted by molar-refractivity contribution is -0.118. The highest BCUT2D eigenvalue weighted by Gasteiger charge is 2.40. The Labute approximate surface area is 112 Å². The van der Waals surface area contributed by atoms with Crippen LogP contribution in [-0.4, -0.2) is 36.5 Å². The second kappa shape index (κ2) is 5.56. The Bertz CT molecular complexity index is 404. The fraction of sp³-hybridized carbons (Fsp3) is 0.846. The van der Waals surface area contributed by atoms with Crippen LogP contribution in [0.2, 0.25) is 0 Å². The largest absolute Gasteiger partial charge is 0.381 e. The predicted octanol–water partition coefficient (Wildman–Crippen LogP) is 1.54. The summed E-state index contributed by atoms with van der Waals surface area (Å²) in [6.07, 6.45) is 3.80. The number of nitrogens with zero attached hydrogens (tertiary/aromatic N) is 2. The minimum absolute atomic E-state index is 0.208. The molecule has 0 amide bonds. The number of ether oxygens (including phenoxy) is 2. The number of nitrogens with one attached hydrogen (secondary N) is 1. The molecule has 3 rings (SSSR count). The topological polar surface area (TPSA) is 69.4 Å². The van der Waals surface area contributed by atoms with Crippen LogP contribution in [0.25, 0.3) is 0 Å². The van der Waals surface area contributed by atoms with E-state index >= 15 is 0 Å². The highest BCUT2D eigenvalue weighted by Crippen LogP contribution is 2.35. The van der Waals surface area contributed by atoms with Gasteiger partial charge < -0.3 is 19.3 Å². The minimum Gasteiger partial charge on any atom is -0.381 e. The molecule has 19 heavy (non-hydrogen) atoms. The first-order chi connectivity index (χ1) is 9.34. The smallest absolute Gasteiger partial charge is 0.243 e. The first-order valence-corrected chi connectivity index (χ1v) is 7.13. The quantitative estimate of drug-likeness (QED) is 0.892. The van der Waals surface area contributed by atoms with Gasteiger partial charge >= 0.3 is 0 Å². The third kappa shape index (κ3) is 2.52. The second-order valence-electron chi connectivity index (χ2n) is 5.14. The molecule has 1 aromatic rings. The van der Waals surface area contributed by atoms with E-state index in [2.05, 4.69) is 15.5 Å². The summed E-state index contributed by atoms with van der Waals surface area (Å²) in [7, 11) is 0. The average Bonchev–Trinajstić information content (AvgIpc) is 3.11. The first kappa shape index (κ1) is 13.0. The molecule has 0 bridgehead atoms. The summed E-state index contributed by atoms with van der Waals surface area (Å²) in [5.41, 5.74) is -0.423. The molecule has 106 valence electrons. The Morgan fingerprint density at radius 2 is 2.26 bits per heavy atom. The molecule has 2 saturated heterocycles. The van der Waals surface area contributed by atoms with E-state index in [-0.39, 0.29) is 6.04 Å². The van der Waals surface area contributed by atoms with Gasteiger partial charge in [-0.25, -0.2) is 0 Å². The molecule has 0 aliphatic carbocycles. The van der Waals surface area contributed by atoms with Gasteiger partial charge in [0.05, 0.1) is 6.04 Å². The molecule has 3 heterocycles. The van der Waals surface area contributed by atoms with Crippen LogP contribution in [0, 0.1) is 0 Å². The molecule has 0 spiro atoms. The highest BCUT2D eigenvalue weighted by atomic mass is 16.5. The molecule has 2 fully saturated rings. The van der Waals surface area contributed by atoms with E-state index in [9.17, 15) is 0 Å². The van der Waals surface area contributed by atoms with Gasteiger partial charge in [0.15, 0.2) is 0 Å². The van der Waals surface area contributed by atoms with E-state index in [0.29, 0.717) is 31.5 Å². The molecule has 1 aromatic heterocycles. The Kier molecular flexibility index (Phi) is 3.81. The molecule has 2 aliphatic rings. The van der Waals surface area contributed by atoms with Crippen molar-refractivity contribution >= 4 is 0 Å². The normalized spacial score (nSPS) is 26.7. The predicted molar refractivity (Wildman–Crippen MR) is 67.6 cm³/mol. The van der Waals surface area contributed by atoms with Crippen molar-refractivity contribution in [3.05, 3.63) is 11.7 Å². The van der Waals surface area contributed by atoms with Gasteiger partial charge in [0.2, 0.25) is 11.7 Å². The monoisotopic (exact) mass is 267 g/mol. The van der Waals surface area contributed by atoms with Gasteiger partial charge in [0, 0.05) is 32.7 Å². The molecule has 1 N–H and O–H groups in total. The Morgan fingerprint density at radius 1 is 1.42 bits per heavy atom. The first-order valence-electron chi connectivity index (χ1n) is 7.13. The number of hydrogen-bond acceptors (Lipinski definition) is 6. The maximum atomic E-state index is 5.95. The summed E-state index contributed by atoms with van der Waals surface area (Å²) in [6, 6.07) is 0.208. The summed E-state index contributed by atoms with van der Waals surface area (Å²) in [6.45, 7) is 5.03. The lowest BCUT2D eigenvalue weighted by Crippen LogP contribution is -2.37. The van der Waals surface area contributed by atoms with Gasteiger partial charge in [-0.15, -0.1) is 0 Å². The summed E-state index contributed by atoms with van der Waals surface area (Å²) >= 11 is 0. The van der Waals surface area contributed by atoms with Gasteiger partial charge in [-0.3, -0.25) is 0 Å². The van der Waals surface area contributed by atoms with Crippen LogP contribution in [0.3, 0.4) is 0 Å². The molecule has 0 saturated carbocycles. The number of aromatic nitrogens is 2. The third-order valence-electron chi connectivity index (χ3n) is 3.93. The van der Waals surface area contributed by atoms with Crippen molar-refractivity contribution in [2.24, 2.45) is 0 Å². The van der Waals surface area contributed by atoms with E-state index in [0.717, 1.165) is 32.2 Å². The number of hydrogen-bond donors (Lipinski definition) is 1. The van der Waals surface area contributed by atoms with Crippen molar-refractivity contribution < 1.29 is 14.0 Å².